The minimum atomic E-state index is 0.0896. The van der Waals surface area contributed by atoms with Gasteiger partial charge in [-0.25, -0.2) is 0 Å². The molecule has 0 heterocycles. The Morgan fingerprint density at radius 2 is 2.12 bits per heavy atom. The van der Waals surface area contributed by atoms with Gasteiger partial charge in [0.25, 0.3) is 0 Å². The van der Waals surface area contributed by atoms with Crippen LogP contribution in [0, 0.1) is 6.92 Å². The molecule has 0 saturated heterocycles. The van der Waals surface area contributed by atoms with Crippen LogP contribution in [0.3, 0.4) is 0 Å². The van der Waals surface area contributed by atoms with Crippen LogP contribution in [-0.2, 0) is 11.2 Å². The maximum Gasteiger partial charge on any atom is 0.220 e. The summed E-state index contributed by atoms with van der Waals surface area (Å²) in [6, 6.07) is 8.43. The van der Waals surface area contributed by atoms with E-state index in [4.69, 9.17) is 11.6 Å². The Kier molecular flexibility index (Phi) is 6.06. The average molecular weight is 254 g/mol. The molecule has 0 bridgehead atoms. The van der Waals surface area contributed by atoms with Gasteiger partial charge in [0.05, 0.1) is 0 Å². The van der Waals surface area contributed by atoms with Gasteiger partial charge in [-0.05, 0) is 37.8 Å². The Labute approximate surface area is 108 Å². The number of carbonyl (C=O) groups excluding carboxylic acids is 1. The van der Waals surface area contributed by atoms with E-state index in [9.17, 15) is 4.79 Å². The topological polar surface area (TPSA) is 29.1 Å². The maximum absolute atomic E-state index is 11.5. The number of amides is 1. The van der Waals surface area contributed by atoms with Crippen LogP contribution in [-0.4, -0.2) is 17.8 Å². The van der Waals surface area contributed by atoms with Crippen molar-refractivity contribution in [3.8, 4) is 0 Å². The Balaban J connectivity index is 2.42. The van der Waals surface area contributed by atoms with E-state index in [-0.39, 0.29) is 11.9 Å². The number of hydrogen-bond donors (Lipinski definition) is 1. The molecule has 1 amide bonds. The number of hydrogen-bond acceptors (Lipinski definition) is 1. The summed E-state index contributed by atoms with van der Waals surface area (Å²) in [4.78, 5) is 11.5. The highest BCUT2D eigenvalue weighted by Gasteiger charge is 2.08. The number of alkyl halides is 1. The fourth-order valence-corrected chi connectivity index (χ4v) is 1.93. The number of rotatable bonds is 6. The molecule has 1 aromatic rings. The lowest BCUT2D eigenvalue weighted by molar-refractivity contribution is -0.121. The van der Waals surface area contributed by atoms with Gasteiger partial charge in [0.1, 0.15) is 0 Å². The normalized spacial score (nSPS) is 12.2. The van der Waals surface area contributed by atoms with Crippen molar-refractivity contribution >= 4 is 17.5 Å². The molecule has 2 nitrogen and oxygen atoms in total. The SMILES string of the molecule is Cc1ccccc1CC(C)NC(=O)CCCCl. The van der Waals surface area contributed by atoms with Crippen molar-refractivity contribution < 1.29 is 4.79 Å². The lowest BCUT2D eigenvalue weighted by atomic mass is 10.0. The van der Waals surface area contributed by atoms with E-state index in [2.05, 4.69) is 24.4 Å². The molecule has 1 N–H and O–H groups in total. The van der Waals surface area contributed by atoms with Gasteiger partial charge in [0, 0.05) is 18.3 Å². The van der Waals surface area contributed by atoms with Crippen molar-refractivity contribution in [1.82, 2.24) is 5.32 Å². The zero-order chi connectivity index (χ0) is 12.7. The van der Waals surface area contributed by atoms with Crippen LogP contribution < -0.4 is 5.32 Å². The van der Waals surface area contributed by atoms with Crippen LogP contribution in [0.25, 0.3) is 0 Å². The molecule has 1 unspecified atom stereocenters. The van der Waals surface area contributed by atoms with Gasteiger partial charge in [-0.3, -0.25) is 4.79 Å². The molecular weight excluding hydrogens is 234 g/mol. The van der Waals surface area contributed by atoms with Crippen molar-refractivity contribution in [2.45, 2.75) is 39.2 Å². The molecule has 0 aliphatic carbocycles. The molecule has 0 aromatic heterocycles. The highest BCUT2D eigenvalue weighted by atomic mass is 35.5. The van der Waals surface area contributed by atoms with E-state index in [0.29, 0.717) is 12.3 Å². The van der Waals surface area contributed by atoms with Crippen LogP contribution in [0.1, 0.15) is 30.9 Å². The summed E-state index contributed by atoms with van der Waals surface area (Å²) in [7, 11) is 0. The lowest BCUT2D eigenvalue weighted by Gasteiger charge is -2.15. The third-order valence-corrected chi connectivity index (χ3v) is 3.00. The third kappa shape index (κ3) is 5.22. The number of aryl methyl sites for hydroxylation is 1. The molecule has 17 heavy (non-hydrogen) atoms. The van der Waals surface area contributed by atoms with Gasteiger partial charge in [-0.1, -0.05) is 24.3 Å². The number of carbonyl (C=O) groups is 1. The minimum Gasteiger partial charge on any atom is -0.353 e. The molecule has 0 fully saturated rings. The number of halogens is 1. The zero-order valence-electron chi connectivity index (χ0n) is 10.5. The standard InChI is InChI=1S/C14H20ClNO/c1-11-6-3-4-7-13(11)10-12(2)16-14(17)8-5-9-15/h3-4,6-7,12H,5,8-10H2,1-2H3,(H,16,17). The van der Waals surface area contributed by atoms with Crippen LogP contribution in [0.2, 0.25) is 0 Å². The van der Waals surface area contributed by atoms with Crippen LogP contribution in [0.4, 0.5) is 0 Å². The van der Waals surface area contributed by atoms with Gasteiger partial charge in [0.15, 0.2) is 0 Å². The molecule has 0 spiro atoms. The molecular formula is C14H20ClNO. The minimum absolute atomic E-state index is 0.0896. The highest BCUT2D eigenvalue weighted by Crippen LogP contribution is 2.09. The number of benzene rings is 1. The van der Waals surface area contributed by atoms with E-state index in [0.717, 1.165) is 12.8 Å². The summed E-state index contributed by atoms with van der Waals surface area (Å²) in [5.74, 6) is 0.631. The van der Waals surface area contributed by atoms with E-state index < -0.39 is 0 Å². The van der Waals surface area contributed by atoms with Crippen molar-refractivity contribution in [2.24, 2.45) is 0 Å². The van der Waals surface area contributed by atoms with Crippen LogP contribution >= 0.6 is 11.6 Å². The quantitative estimate of drug-likeness (QED) is 0.776. The Bertz CT molecular complexity index is 365. The molecule has 0 radical (unpaired) electrons. The van der Waals surface area contributed by atoms with Gasteiger partial charge in [-0.15, -0.1) is 11.6 Å². The molecule has 1 aromatic carbocycles. The van der Waals surface area contributed by atoms with Crippen LogP contribution in [0.15, 0.2) is 24.3 Å². The Hall–Kier alpha value is -1.02. The predicted molar refractivity (Wildman–Crippen MR) is 72.4 cm³/mol. The average Bonchev–Trinajstić information content (AvgIpc) is 2.29. The second-order valence-corrected chi connectivity index (χ2v) is 4.77. The molecule has 0 saturated carbocycles. The van der Waals surface area contributed by atoms with Crippen molar-refractivity contribution in [2.75, 3.05) is 5.88 Å². The maximum atomic E-state index is 11.5. The van der Waals surface area contributed by atoms with Crippen molar-refractivity contribution in [1.29, 1.82) is 0 Å². The molecule has 3 heteroatoms. The molecule has 0 aliphatic heterocycles. The fraction of sp³-hybridized carbons (Fsp3) is 0.500. The van der Waals surface area contributed by atoms with E-state index in [1.807, 2.05) is 19.1 Å². The second-order valence-electron chi connectivity index (χ2n) is 4.39. The molecule has 94 valence electrons. The third-order valence-electron chi connectivity index (χ3n) is 2.73. The Morgan fingerprint density at radius 1 is 1.41 bits per heavy atom. The van der Waals surface area contributed by atoms with Gasteiger partial charge in [0.2, 0.25) is 5.91 Å². The summed E-state index contributed by atoms with van der Waals surface area (Å²) < 4.78 is 0. The highest BCUT2D eigenvalue weighted by molar-refractivity contribution is 6.17. The summed E-state index contributed by atoms with van der Waals surface area (Å²) in [5, 5.41) is 2.99. The summed E-state index contributed by atoms with van der Waals surface area (Å²) in [6.07, 6.45) is 2.13. The predicted octanol–water partition coefficient (Wildman–Crippen LogP) is 3.06. The monoisotopic (exact) mass is 253 g/mol. The van der Waals surface area contributed by atoms with E-state index >= 15 is 0 Å². The summed E-state index contributed by atoms with van der Waals surface area (Å²) in [6.45, 7) is 4.13. The van der Waals surface area contributed by atoms with Crippen LogP contribution in [0.5, 0.6) is 0 Å². The Morgan fingerprint density at radius 3 is 2.76 bits per heavy atom. The first-order valence-corrected chi connectivity index (χ1v) is 6.56. The fourth-order valence-electron chi connectivity index (χ4n) is 1.79. The van der Waals surface area contributed by atoms with E-state index in [1.54, 1.807) is 0 Å². The van der Waals surface area contributed by atoms with Gasteiger partial charge >= 0.3 is 0 Å². The largest absolute Gasteiger partial charge is 0.353 e. The lowest BCUT2D eigenvalue weighted by Crippen LogP contribution is -2.34. The molecule has 0 aliphatic rings. The van der Waals surface area contributed by atoms with E-state index in [1.165, 1.54) is 11.1 Å². The second kappa shape index (κ2) is 7.33. The first kappa shape index (κ1) is 14.0. The summed E-state index contributed by atoms with van der Waals surface area (Å²) >= 11 is 5.55. The zero-order valence-corrected chi connectivity index (χ0v) is 11.3. The smallest absolute Gasteiger partial charge is 0.220 e. The van der Waals surface area contributed by atoms with Gasteiger partial charge < -0.3 is 5.32 Å². The van der Waals surface area contributed by atoms with Crippen molar-refractivity contribution in [3.63, 3.8) is 0 Å². The first-order chi connectivity index (χ1) is 8.13. The van der Waals surface area contributed by atoms with Gasteiger partial charge in [-0.2, -0.15) is 0 Å². The first-order valence-electron chi connectivity index (χ1n) is 6.03. The van der Waals surface area contributed by atoms with Crippen molar-refractivity contribution in [3.05, 3.63) is 35.4 Å². The molecule has 1 rings (SSSR count). The number of nitrogens with one attached hydrogen (secondary N) is 1. The molecule has 1 atom stereocenters. The summed E-state index contributed by atoms with van der Waals surface area (Å²) in [5.41, 5.74) is 2.56.